The molecule has 1 fully saturated rings. The maximum absolute atomic E-state index is 12.4. The molecule has 1 aliphatic heterocycles. The minimum absolute atomic E-state index is 0.0160. The summed E-state index contributed by atoms with van der Waals surface area (Å²) in [5.41, 5.74) is 2.97. The first-order chi connectivity index (χ1) is 12.9. The van der Waals surface area contributed by atoms with Gasteiger partial charge in [-0.05, 0) is 20.8 Å². The second-order valence-corrected chi connectivity index (χ2v) is 7.80. The second-order valence-electron chi connectivity index (χ2n) is 7.80. The Hall–Kier alpha value is -1.72. The zero-order chi connectivity index (χ0) is 21.7. The van der Waals surface area contributed by atoms with E-state index in [1.165, 1.54) is 6.08 Å². The van der Waals surface area contributed by atoms with Gasteiger partial charge >= 0.3 is 12.1 Å². The largest absolute Gasteiger partial charge is 0.467 e. The van der Waals surface area contributed by atoms with Crippen LogP contribution in [0.1, 0.15) is 33.6 Å². The van der Waals surface area contributed by atoms with Gasteiger partial charge in [0.15, 0.2) is 5.60 Å². The molecule has 10 heteroatoms. The molecule has 0 spiro atoms. The molecule has 0 bridgehead atoms. The van der Waals surface area contributed by atoms with Crippen molar-refractivity contribution in [3.05, 3.63) is 12.7 Å². The van der Waals surface area contributed by atoms with Crippen molar-refractivity contribution < 1.29 is 39.1 Å². The van der Waals surface area contributed by atoms with Gasteiger partial charge in [-0.2, -0.15) is 0 Å². The number of alkyl carbamates (subject to hydrolysis) is 1. The molecule has 1 rings (SSSR count). The van der Waals surface area contributed by atoms with Gasteiger partial charge in [0.1, 0.15) is 17.8 Å². The number of esters is 1. The van der Waals surface area contributed by atoms with E-state index >= 15 is 0 Å². The first-order valence-corrected chi connectivity index (χ1v) is 9.01. The lowest BCUT2D eigenvalue weighted by molar-refractivity contribution is -0.227. The third kappa shape index (κ3) is 5.89. The van der Waals surface area contributed by atoms with Gasteiger partial charge in [-0.3, -0.25) is 0 Å². The first kappa shape index (κ1) is 24.3. The number of nitrogens with two attached hydrogens (primary N) is 1. The number of rotatable bonds is 7. The van der Waals surface area contributed by atoms with E-state index in [4.69, 9.17) is 19.9 Å². The van der Waals surface area contributed by atoms with Crippen LogP contribution in [0.5, 0.6) is 0 Å². The smallest absolute Gasteiger partial charge is 0.408 e. The number of carbonyl (C=O) groups excluding carboxylic acids is 2. The molecular formula is C18H32N2O8. The van der Waals surface area contributed by atoms with Crippen molar-refractivity contribution in [2.75, 3.05) is 13.7 Å². The summed E-state index contributed by atoms with van der Waals surface area (Å²) in [7, 11) is 1.16. The van der Waals surface area contributed by atoms with Crippen LogP contribution in [0, 0.1) is 0 Å². The van der Waals surface area contributed by atoms with Crippen molar-refractivity contribution >= 4 is 12.1 Å². The van der Waals surface area contributed by atoms with Crippen LogP contribution in [-0.4, -0.2) is 82.7 Å². The number of hydrogen-bond acceptors (Lipinski definition) is 9. The fourth-order valence-corrected chi connectivity index (χ4v) is 3.09. The predicted molar refractivity (Wildman–Crippen MR) is 99.3 cm³/mol. The number of aliphatic hydroxyl groups excluding tert-OH is 3. The summed E-state index contributed by atoms with van der Waals surface area (Å²) in [6.45, 7) is 8.27. The first-order valence-electron chi connectivity index (χ1n) is 9.01. The molecule has 0 aromatic heterocycles. The number of ether oxygens (including phenoxy) is 3. The summed E-state index contributed by atoms with van der Waals surface area (Å²) in [6, 6.07) is -1.17. The van der Waals surface area contributed by atoms with Crippen LogP contribution in [0.15, 0.2) is 12.7 Å². The maximum Gasteiger partial charge on any atom is 0.408 e. The van der Waals surface area contributed by atoms with Crippen LogP contribution < -0.4 is 11.1 Å². The molecule has 4 unspecified atom stereocenters. The number of hydrogen-bond donors (Lipinski definition) is 5. The Labute approximate surface area is 164 Å². The van der Waals surface area contributed by atoms with Crippen LogP contribution in [-0.2, 0) is 19.0 Å². The number of aliphatic hydroxyl groups is 3. The van der Waals surface area contributed by atoms with Crippen LogP contribution in [0.25, 0.3) is 0 Å². The highest BCUT2D eigenvalue weighted by atomic mass is 16.6. The third-order valence-corrected chi connectivity index (χ3v) is 4.36. The molecule has 28 heavy (non-hydrogen) atoms. The van der Waals surface area contributed by atoms with Gasteiger partial charge in [-0.15, -0.1) is 6.58 Å². The molecule has 162 valence electrons. The Bertz CT molecular complexity index is 564. The van der Waals surface area contributed by atoms with E-state index in [2.05, 4.69) is 11.9 Å². The third-order valence-electron chi connectivity index (χ3n) is 4.36. The highest BCUT2D eigenvalue weighted by Crippen LogP contribution is 2.35. The Morgan fingerprint density at radius 1 is 1.43 bits per heavy atom. The maximum atomic E-state index is 12.4. The zero-order valence-corrected chi connectivity index (χ0v) is 16.8. The standard InChI is InChI=1S/C18H32N2O8/c1-6-7-18(15(24)26-5)8-10(21)12(20-16(25)28-17(2,3)4)14(27-18)13(23)11(22)9-19/h6,10-14,21-23H,1,7-9,19H2,2-5H3,(H,20,25)/t10?,11-,12?,13-,14?,18?/m1/s1. The van der Waals surface area contributed by atoms with E-state index in [-0.39, 0.29) is 19.4 Å². The van der Waals surface area contributed by atoms with Gasteiger partial charge in [-0.1, -0.05) is 6.08 Å². The molecule has 0 radical (unpaired) electrons. The van der Waals surface area contributed by atoms with Crippen molar-refractivity contribution in [3.63, 3.8) is 0 Å². The molecule has 0 aromatic rings. The Balaban J connectivity index is 3.22. The molecule has 1 amide bonds. The van der Waals surface area contributed by atoms with Crippen molar-refractivity contribution in [3.8, 4) is 0 Å². The van der Waals surface area contributed by atoms with E-state index in [1.807, 2.05) is 0 Å². The van der Waals surface area contributed by atoms with Gasteiger partial charge in [0.2, 0.25) is 0 Å². The van der Waals surface area contributed by atoms with Gasteiger partial charge in [0, 0.05) is 19.4 Å². The average molecular weight is 404 g/mol. The molecule has 1 aliphatic rings. The van der Waals surface area contributed by atoms with E-state index in [0.717, 1.165) is 7.11 Å². The summed E-state index contributed by atoms with van der Waals surface area (Å²) < 4.78 is 15.8. The molecule has 1 saturated heterocycles. The minimum Gasteiger partial charge on any atom is -0.467 e. The highest BCUT2D eigenvalue weighted by molar-refractivity contribution is 5.80. The van der Waals surface area contributed by atoms with E-state index < -0.39 is 53.7 Å². The van der Waals surface area contributed by atoms with Crippen LogP contribution >= 0.6 is 0 Å². The van der Waals surface area contributed by atoms with Crippen LogP contribution in [0.2, 0.25) is 0 Å². The fraction of sp³-hybridized carbons (Fsp3) is 0.778. The molecule has 0 aromatic carbocycles. The van der Waals surface area contributed by atoms with Gasteiger partial charge in [0.05, 0.1) is 25.4 Å². The van der Waals surface area contributed by atoms with Crippen molar-refractivity contribution in [2.24, 2.45) is 5.73 Å². The molecule has 1 heterocycles. The Morgan fingerprint density at radius 3 is 2.50 bits per heavy atom. The number of amides is 1. The highest BCUT2D eigenvalue weighted by Gasteiger charge is 2.54. The normalized spacial score (nSPS) is 30.1. The van der Waals surface area contributed by atoms with Crippen molar-refractivity contribution in [1.29, 1.82) is 0 Å². The molecule has 0 saturated carbocycles. The summed E-state index contributed by atoms with van der Waals surface area (Å²) >= 11 is 0. The SMILES string of the molecule is C=CCC1(C(=O)OC)CC(O)C(NC(=O)OC(C)(C)C)C([C@H](O)[C@H](O)CN)O1. The topological polar surface area (TPSA) is 161 Å². The molecule has 10 nitrogen and oxygen atoms in total. The molecular weight excluding hydrogens is 372 g/mol. The lowest BCUT2D eigenvalue weighted by atomic mass is 9.82. The summed E-state index contributed by atoms with van der Waals surface area (Å²) in [4.78, 5) is 24.5. The summed E-state index contributed by atoms with van der Waals surface area (Å²) in [5, 5.41) is 33.6. The van der Waals surface area contributed by atoms with Crippen molar-refractivity contribution in [1.82, 2.24) is 5.32 Å². The Kier molecular flexibility index (Phi) is 8.39. The van der Waals surface area contributed by atoms with Crippen LogP contribution in [0.3, 0.4) is 0 Å². The minimum atomic E-state index is -1.64. The van der Waals surface area contributed by atoms with E-state index in [9.17, 15) is 24.9 Å². The van der Waals surface area contributed by atoms with Gasteiger partial charge in [0.25, 0.3) is 0 Å². The predicted octanol–water partition coefficient (Wildman–Crippen LogP) is -0.802. The fourth-order valence-electron chi connectivity index (χ4n) is 3.09. The second kappa shape index (κ2) is 9.66. The van der Waals surface area contributed by atoms with Gasteiger partial charge in [-0.25, -0.2) is 9.59 Å². The lowest BCUT2D eigenvalue weighted by Crippen LogP contribution is -2.67. The number of nitrogens with one attached hydrogen (secondary N) is 1. The van der Waals surface area contributed by atoms with E-state index in [0.29, 0.717) is 0 Å². The molecule has 6 N–H and O–H groups in total. The average Bonchev–Trinajstić information content (AvgIpc) is 2.60. The lowest BCUT2D eigenvalue weighted by Gasteiger charge is -2.47. The monoisotopic (exact) mass is 404 g/mol. The number of carbonyl (C=O) groups is 2. The Morgan fingerprint density at radius 2 is 2.04 bits per heavy atom. The summed E-state index contributed by atoms with van der Waals surface area (Å²) in [5.74, 6) is -0.776. The molecule has 6 atom stereocenters. The van der Waals surface area contributed by atoms with Crippen LogP contribution in [0.4, 0.5) is 4.79 Å². The summed E-state index contributed by atoms with van der Waals surface area (Å²) in [6.07, 6.45) is -5.39. The quantitative estimate of drug-likeness (QED) is 0.270. The van der Waals surface area contributed by atoms with Crippen molar-refractivity contribution in [2.45, 2.75) is 75.3 Å². The zero-order valence-electron chi connectivity index (χ0n) is 16.8. The van der Waals surface area contributed by atoms with E-state index in [1.54, 1.807) is 20.8 Å². The number of methoxy groups -OCH3 is 1. The molecule has 0 aliphatic carbocycles. The van der Waals surface area contributed by atoms with Gasteiger partial charge < -0.3 is 40.6 Å².